The Hall–Kier alpha value is -1.22. The topological polar surface area (TPSA) is 44.5 Å². The summed E-state index contributed by atoms with van der Waals surface area (Å²) in [6.07, 6.45) is 0. The van der Waals surface area contributed by atoms with Gasteiger partial charge < -0.3 is 15.2 Å². The molecular formula is C13H19NO2. The molecule has 1 aromatic rings. The molecule has 2 rings (SSSR count). The summed E-state index contributed by atoms with van der Waals surface area (Å²) in [6.45, 7) is 9.35. The van der Waals surface area contributed by atoms with E-state index in [1.807, 2.05) is 19.9 Å². The molecule has 0 saturated carbocycles. The van der Waals surface area contributed by atoms with E-state index in [0.717, 1.165) is 17.1 Å². The first-order valence-electron chi connectivity index (χ1n) is 5.60. The normalized spacial score (nSPS) is 15.1. The molecule has 0 spiro atoms. The fourth-order valence-electron chi connectivity index (χ4n) is 2.18. The van der Waals surface area contributed by atoms with Gasteiger partial charge in [0.1, 0.15) is 13.2 Å². The lowest BCUT2D eigenvalue weighted by Gasteiger charge is -2.30. The molecule has 0 saturated heterocycles. The zero-order valence-electron chi connectivity index (χ0n) is 10.4. The summed E-state index contributed by atoms with van der Waals surface area (Å²) in [5.74, 6) is 1.64. The maximum atomic E-state index is 6.22. The summed E-state index contributed by atoms with van der Waals surface area (Å²) in [6, 6.07) is 2.03. The quantitative estimate of drug-likeness (QED) is 0.791. The summed E-state index contributed by atoms with van der Waals surface area (Å²) in [7, 11) is 0. The number of rotatable bonds is 1. The van der Waals surface area contributed by atoms with E-state index in [1.165, 1.54) is 11.1 Å². The second kappa shape index (κ2) is 3.67. The molecule has 0 radical (unpaired) electrons. The lowest BCUT2D eigenvalue weighted by Crippen LogP contribution is -2.32. The standard InChI is InChI=1S/C13H19NO2/c1-8-7-10-12(16-6-5-15-10)11(9(8)2)13(3,4)14/h7H,5-6,14H2,1-4H3. The van der Waals surface area contributed by atoms with Gasteiger partial charge in [-0.2, -0.15) is 0 Å². The van der Waals surface area contributed by atoms with Crippen LogP contribution in [0.15, 0.2) is 6.07 Å². The molecule has 3 heteroatoms. The van der Waals surface area contributed by atoms with E-state index in [-0.39, 0.29) is 0 Å². The van der Waals surface area contributed by atoms with Crippen LogP contribution >= 0.6 is 0 Å². The maximum absolute atomic E-state index is 6.22. The zero-order valence-corrected chi connectivity index (χ0v) is 10.4. The molecule has 0 aromatic heterocycles. The van der Waals surface area contributed by atoms with Crippen LogP contribution < -0.4 is 15.2 Å². The number of aryl methyl sites for hydroxylation is 1. The number of hydrogen-bond donors (Lipinski definition) is 1. The van der Waals surface area contributed by atoms with Crippen molar-refractivity contribution in [3.63, 3.8) is 0 Å². The number of hydrogen-bond acceptors (Lipinski definition) is 3. The number of ether oxygens (including phenoxy) is 2. The van der Waals surface area contributed by atoms with Crippen molar-refractivity contribution in [2.75, 3.05) is 13.2 Å². The third-order valence-electron chi connectivity index (χ3n) is 3.00. The molecule has 16 heavy (non-hydrogen) atoms. The van der Waals surface area contributed by atoms with Gasteiger partial charge in [0.2, 0.25) is 0 Å². The molecule has 1 heterocycles. The van der Waals surface area contributed by atoms with Crippen molar-refractivity contribution < 1.29 is 9.47 Å². The van der Waals surface area contributed by atoms with Crippen LogP contribution in [-0.4, -0.2) is 13.2 Å². The molecule has 1 aromatic carbocycles. The van der Waals surface area contributed by atoms with Gasteiger partial charge in [-0.05, 0) is 44.9 Å². The Morgan fingerprint density at radius 3 is 2.44 bits per heavy atom. The molecule has 0 amide bonds. The molecule has 3 nitrogen and oxygen atoms in total. The summed E-state index contributed by atoms with van der Waals surface area (Å²) >= 11 is 0. The summed E-state index contributed by atoms with van der Waals surface area (Å²) in [5.41, 5.74) is 9.24. The van der Waals surface area contributed by atoms with Crippen molar-refractivity contribution in [1.29, 1.82) is 0 Å². The molecule has 0 aliphatic carbocycles. The number of fused-ring (bicyclic) bond motifs is 1. The van der Waals surface area contributed by atoms with Gasteiger partial charge >= 0.3 is 0 Å². The summed E-state index contributed by atoms with van der Waals surface area (Å²) in [5, 5.41) is 0. The highest BCUT2D eigenvalue weighted by Gasteiger charge is 2.27. The highest BCUT2D eigenvalue weighted by molar-refractivity contribution is 5.56. The molecule has 1 aliphatic rings. The van der Waals surface area contributed by atoms with Crippen LogP contribution in [0.1, 0.15) is 30.5 Å². The van der Waals surface area contributed by atoms with Gasteiger partial charge in [0.25, 0.3) is 0 Å². The molecule has 0 bridgehead atoms. The Bertz CT molecular complexity index is 419. The first-order valence-corrected chi connectivity index (χ1v) is 5.60. The van der Waals surface area contributed by atoms with Crippen LogP contribution in [0.5, 0.6) is 11.5 Å². The van der Waals surface area contributed by atoms with Crippen LogP contribution in [0.3, 0.4) is 0 Å². The monoisotopic (exact) mass is 221 g/mol. The minimum absolute atomic E-state index is 0.416. The second-order valence-electron chi connectivity index (χ2n) is 4.94. The van der Waals surface area contributed by atoms with Crippen molar-refractivity contribution in [1.82, 2.24) is 0 Å². The Kier molecular flexibility index (Phi) is 2.58. The third kappa shape index (κ3) is 1.76. The van der Waals surface area contributed by atoms with Crippen LogP contribution in [0.2, 0.25) is 0 Å². The van der Waals surface area contributed by atoms with Gasteiger partial charge in [0.05, 0.1) is 0 Å². The van der Waals surface area contributed by atoms with Crippen molar-refractivity contribution in [3.8, 4) is 11.5 Å². The molecule has 88 valence electrons. The largest absolute Gasteiger partial charge is 0.486 e. The average Bonchev–Trinajstić information content (AvgIpc) is 2.17. The predicted octanol–water partition coefficient (Wildman–Crippen LogP) is 2.27. The van der Waals surface area contributed by atoms with Gasteiger partial charge in [-0.15, -0.1) is 0 Å². The van der Waals surface area contributed by atoms with E-state index in [4.69, 9.17) is 15.2 Å². The maximum Gasteiger partial charge on any atom is 0.166 e. The molecular weight excluding hydrogens is 202 g/mol. The molecule has 0 atom stereocenters. The van der Waals surface area contributed by atoms with Crippen LogP contribution in [0, 0.1) is 13.8 Å². The first-order chi connectivity index (χ1) is 7.41. The van der Waals surface area contributed by atoms with E-state index in [2.05, 4.69) is 13.8 Å². The van der Waals surface area contributed by atoms with Crippen LogP contribution in [0.25, 0.3) is 0 Å². The number of benzene rings is 1. The molecule has 2 N–H and O–H groups in total. The fraction of sp³-hybridized carbons (Fsp3) is 0.538. The Labute approximate surface area is 96.5 Å². The zero-order chi connectivity index (χ0) is 11.9. The smallest absolute Gasteiger partial charge is 0.166 e. The Morgan fingerprint density at radius 2 is 1.81 bits per heavy atom. The Balaban J connectivity index is 2.69. The first kappa shape index (κ1) is 11.3. The Morgan fingerprint density at radius 1 is 1.19 bits per heavy atom. The van der Waals surface area contributed by atoms with Crippen LogP contribution in [0.4, 0.5) is 0 Å². The van der Waals surface area contributed by atoms with Gasteiger partial charge in [-0.1, -0.05) is 0 Å². The minimum Gasteiger partial charge on any atom is -0.486 e. The molecule has 0 fully saturated rings. The lowest BCUT2D eigenvalue weighted by atomic mass is 9.88. The highest BCUT2D eigenvalue weighted by Crippen LogP contribution is 2.41. The highest BCUT2D eigenvalue weighted by atomic mass is 16.6. The van der Waals surface area contributed by atoms with E-state index in [9.17, 15) is 0 Å². The third-order valence-corrected chi connectivity index (χ3v) is 3.00. The van der Waals surface area contributed by atoms with Crippen molar-refractivity contribution in [3.05, 3.63) is 22.8 Å². The minimum atomic E-state index is -0.416. The number of nitrogens with two attached hydrogens (primary N) is 1. The lowest BCUT2D eigenvalue weighted by molar-refractivity contribution is 0.167. The average molecular weight is 221 g/mol. The fourth-order valence-corrected chi connectivity index (χ4v) is 2.18. The van der Waals surface area contributed by atoms with Gasteiger partial charge in [0.15, 0.2) is 11.5 Å². The van der Waals surface area contributed by atoms with Crippen molar-refractivity contribution >= 4 is 0 Å². The van der Waals surface area contributed by atoms with E-state index < -0.39 is 5.54 Å². The predicted molar refractivity (Wildman–Crippen MR) is 64.1 cm³/mol. The SMILES string of the molecule is Cc1cc2c(c(C(C)(C)N)c1C)OCCO2. The molecule has 1 aliphatic heterocycles. The van der Waals surface area contributed by atoms with Crippen LogP contribution in [-0.2, 0) is 5.54 Å². The van der Waals surface area contributed by atoms with E-state index in [0.29, 0.717) is 13.2 Å². The van der Waals surface area contributed by atoms with E-state index >= 15 is 0 Å². The van der Waals surface area contributed by atoms with Crippen molar-refractivity contribution in [2.45, 2.75) is 33.2 Å². The van der Waals surface area contributed by atoms with Crippen molar-refractivity contribution in [2.24, 2.45) is 5.73 Å². The van der Waals surface area contributed by atoms with E-state index in [1.54, 1.807) is 0 Å². The second-order valence-corrected chi connectivity index (χ2v) is 4.94. The van der Waals surface area contributed by atoms with Gasteiger partial charge in [0, 0.05) is 11.1 Å². The summed E-state index contributed by atoms with van der Waals surface area (Å²) in [4.78, 5) is 0. The van der Waals surface area contributed by atoms with Gasteiger partial charge in [-0.25, -0.2) is 0 Å². The van der Waals surface area contributed by atoms with Gasteiger partial charge in [-0.3, -0.25) is 0 Å². The summed E-state index contributed by atoms with van der Waals surface area (Å²) < 4.78 is 11.3. The molecule has 0 unspecified atom stereocenters.